The fourth-order valence-corrected chi connectivity index (χ4v) is 6.40. The molecule has 8 nitrogen and oxygen atoms in total. The van der Waals surface area contributed by atoms with E-state index < -0.39 is 28.5 Å². The lowest BCUT2D eigenvalue weighted by Gasteiger charge is -2.34. The van der Waals surface area contributed by atoms with E-state index in [9.17, 15) is 18.0 Å². The van der Waals surface area contributed by atoms with Crippen LogP contribution in [0, 0.1) is 6.92 Å². The highest BCUT2D eigenvalue weighted by molar-refractivity contribution is 7.92. The van der Waals surface area contributed by atoms with Crippen molar-refractivity contribution in [2.75, 3.05) is 18.0 Å². The minimum atomic E-state index is -4.24. The van der Waals surface area contributed by atoms with Gasteiger partial charge in [0.05, 0.1) is 17.7 Å². The van der Waals surface area contributed by atoms with Crippen LogP contribution in [0.2, 0.25) is 10.0 Å². The molecule has 3 rings (SSSR count). The Labute approximate surface area is 258 Å². The van der Waals surface area contributed by atoms with Crippen LogP contribution in [0.25, 0.3) is 0 Å². The maximum Gasteiger partial charge on any atom is 0.264 e. The SMILES string of the molecule is CC[C@@H](C)NC(=O)[C@@H](CC)N(Cc1c(Cl)cccc1Cl)C(=O)CN(c1cc(C)ccc1OC)S(=O)(=O)c1ccccc1. The second-order valence-corrected chi connectivity index (χ2v) is 12.6. The van der Waals surface area contributed by atoms with Crippen LogP contribution in [0.15, 0.2) is 71.6 Å². The van der Waals surface area contributed by atoms with Gasteiger partial charge in [0.1, 0.15) is 18.3 Å². The van der Waals surface area contributed by atoms with Crippen molar-refractivity contribution in [3.05, 3.63) is 87.9 Å². The van der Waals surface area contributed by atoms with E-state index in [0.717, 1.165) is 9.87 Å². The normalized spacial score (nSPS) is 12.7. The van der Waals surface area contributed by atoms with Crippen molar-refractivity contribution in [3.8, 4) is 5.75 Å². The summed E-state index contributed by atoms with van der Waals surface area (Å²) in [5, 5.41) is 3.60. The van der Waals surface area contributed by atoms with Crippen molar-refractivity contribution in [2.24, 2.45) is 0 Å². The quantitative estimate of drug-likeness (QED) is 0.241. The lowest BCUT2D eigenvalue weighted by Crippen LogP contribution is -2.53. The Balaban J connectivity index is 2.16. The lowest BCUT2D eigenvalue weighted by molar-refractivity contribution is -0.140. The average Bonchev–Trinajstić information content (AvgIpc) is 2.97. The second-order valence-electron chi connectivity index (χ2n) is 9.96. The van der Waals surface area contributed by atoms with Crippen LogP contribution in [0.3, 0.4) is 0 Å². The number of rotatable bonds is 13. The third kappa shape index (κ3) is 7.76. The topological polar surface area (TPSA) is 96.0 Å². The molecule has 0 aliphatic heterocycles. The van der Waals surface area contributed by atoms with Crippen LogP contribution in [-0.4, -0.2) is 50.9 Å². The largest absolute Gasteiger partial charge is 0.495 e. The van der Waals surface area contributed by atoms with Gasteiger partial charge in [0.25, 0.3) is 10.0 Å². The first-order valence-electron chi connectivity index (χ1n) is 13.7. The summed E-state index contributed by atoms with van der Waals surface area (Å²) in [7, 11) is -2.81. The van der Waals surface area contributed by atoms with Gasteiger partial charge in [-0.05, 0) is 68.7 Å². The number of hydrogen-bond acceptors (Lipinski definition) is 5. The third-order valence-corrected chi connectivity index (χ3v) is 9.47. The Morgan fingerprint density at radius 2 is 1.60 bits per heavy atom. The molecule has 0 spiro atoms. The number of benzene rings is 3. The maximum atomic E-state index is 14.3. The van der Waals surface area contributed by atoms with Gasteiger partial charge in [-0.25, -0.2) is 8.42 Å². The van der Waals surface area contributed by atoms with Gasteiger partial charge < -0.3 is 15.0 Å². The van der Waals surface area contributed by atoms with E-state index in [1.807, 2.05) is 20.8 Å². The Morgan fingerprint density at radius 3 is 2.17 bits per heavy atom. The van der Waals surface area contributed by atoms with E-state index in [2.05, 4.69) is 5.32 Å². The van der Waals surface area contributed by atoms with Crippen LogP contribution in [0.5, 0.6) is 5.75 Å². The minimum absolute atomic E-state index is 0.00335. The van der Waals surface area contributed by atoms with Crippen LogP contribution in [0.1, 0.15) is 44.7 Å². The number of methoxy groups -OCH3 is 1. The van der Waals surface area contributed by atoms with E-state index in [1.54, 1.807) is 61.5 Å². The molecule has 11 heteroatoms. The maximum absolute atomic E-state index is 14.3. The molecule has 0 heterocycles. The fraction of sp³-hybridized carbons (Fsp3) is 0.355. The first-order chi connectivity index (χ1) is 19.9. The molecule has 42 heavy (non-hydrogen) atoms. The van der Waals surface area contributed by atoms with Gasteiger partial charge in [0, 0.05) is 28.2 Å². The molecule has 1 N–H and O–H groups in total. The number of aryl methyl sites for hydroxylation is 1. The Bertz CT molecular complexity index is 1480. The molecule has 0 aliphatic rings. The van der Waals surface area contributed by atoms with Gasteiger partial charge in [-0.3, -0.25) is 13.9 Å². The average molecular weight is 635 g/mol. The molecular formula is C31H37Cl2N3O5S. The molecule has 2 amide bonds. The number of carbonyl (C=O) groups excluding carboxylic acids is 2. The van der Waals surface area contributed by atoms with Gasteiger partial charge >= 0.3 is 0 Å². The third-order valence-electron chi connectivity index (χ3n) is 6.99. The van der Waals surface area contributed by atoms with Crippen molar-refractivity contribution in [2.45, 2.75) is 64.1 Å². The smallest absolute Gasteiger partial charge is 0.264 e. The van der Waals surface area contributed by atoms with Crippen LogP contribution in [0.4, 0.5) is 5.69 Å². The molecule has 2 atom stereocenters. The second kappa shape index (κ2) is 14.8. The number of hydrogen-bond donors (Lipinski definition) is 1. The summed E-state index contributed by atoms with van der Waals surface area (Å²) in [6.45, 7) is 6.72. The van der Waals surface area contributed by atoms with Crippen molar-refractivity contribution < 1.29 is 22.7 Å². The first kappa shape index (κ1) is 33.2. The first-order valence-corrected chi connectivity index (χ1v) is 15.9. The van der Waals surface area contributed by atoms with E-state index in [-0.39, 0.29) is 41.2 Å². The van der Waals surface area contributed by atoms with E-state index in [4.69, 9.17) is 27.9 Å². The van der Waals surface area contributed by atoms with Gasteiger partial charge in [-0.2, -0.15) is 0 Å². The lowest BCUT2D eigenvalue weighted by atomic mass is 10.1. The summed E-state index contributed by atoms with van der Waals surface area (Å²) in [6, 6.07) is 16.9. The molecule has 0 unspecified atom stereocenters. The van der Waals surface area contributed by atoms with Crippen molar-refractivity contribution in [1.82, 2.24) is 10.2 Å². The summed E-state index contributed by atoms with van der Waals surface area (Å²) in [5.74, 6) is -0.690. The van der Waals surface area contributed by atoms with Crippen LogP contribution < -0.4 is 14.4 Å². The number of sulfonamides is 1. The molecule has 0 saturated heterocycles. The summed E-state index contributed by atoms with van der Waals surface area (Å²) < 4.78 is 34.7. The molecule has 3 aromatic carbocycles. The zero-order chi connectivity index (χ0) is 31.0. The molecule has 0 saturated carbocycles. The Morgan fingerprint density at radius 1 is 0.952 bits per heavy atom. The van der Waals surface area contributed by atoms with Crippen molar-refractivity contribution in [1.29, 1.82) is 0 Å². The summed E-state index contributed by atoms with van der Waals surface area (Å²) in [4.78, 5) is 29.1. The number of nitrogens with one attached hydrogen (secondary N) is 1. The fourth-order valence-electron chi connectivity index (χ4n) is 4.44. The molecule has 0 radical (unpaired) electrons. The molecule has 0 bridgehead atoms. The predicted molar refractivity (Wildman–Crippen MR) is 168 cm³/mol. The Hall–Kier alpha value is -3.27. The van der Waals surface area contributed by atoms with Gasteiger partial charge in [0.15, 0.2) is 0 Å². The molecule has 0 aromatic heterocycles. The summed E-state index contributed by atoms with van der Waals surface area (Å²) in [5.41, 5.74) is 1.42. The van der Waals surface area contributed by atoms with Gasteiger partial charge in [0.2, 0.25) is 11.8 Å². The number of amides is 2. The van der Waals surface area contributed by atoms with Crippen molar-refractivity contribution >= 4 is 50.7 Å². The Kier molecular flexibility index (Phi) is 11.7. The summed E-state index contributed by atoms with van der Waals surface area (Å²) >= 11 is 13.0. The van der Waals surface area contributed by atoms with Crippen LogP contribution in [-0.2, 0) is 26.2 Å². The molecule has 3 aromatic rings. The molecule has 0 fully saturated rings. The van der Waals surface area contributed by atoms with E-state index in [0.29, 0.717) is 22.0 Å². The monoisotopic (exact) mass is 633 g/mol. The van der Waals surface area contributed by atoms with Gasteiger partial charge in [-0.15, -0.1) is 0 Å². The standard InChI is InChI=1S/C31H37Cl2N3O5S/c1-6-22(4)34-31(38)27(7-2)35(19-24-25(32)14-11-15-26(24)33)30(37)20-36(28-18-21(3)16-17-29(28)41-5)42(39,40)23-12-9-8-10-13-23/h8-18,22,27H,6-7,19-20H2,1-5H3,(H,34,38)/t22-,27-/m1/s1. The highest BCUT2D eigenvalue weighted by Gasteiger charge is 2.35. The zero-order valence-corrected chi connectivity index (χ0v) is 26.8. The number of carbonyl (C=O) groups is 2. The molecular weight excluding hydrogens is 597 g/mol. The summed E-state index contributed by atoms with van der Waals surface area (Å²) in [6.07, 6.45) is 0.970. The van der Waals surface area contributed by atoms with E-state index >= 15 is 0 Å². The molecule has 0 aliphatic carbocycles. The number of nitrogens with zero attached hydrogens (tertiary/aromatic N) is 2. The van der Waals surface area contributed by atoms with E-state index in [1.165, 1.54) is 24.1 Å². The number of anilines is 1. The van der Waals surface area contributed by atoms with Crippen molar-refractivity contribution in [3.63, 3.8) is 0 Å². The van der Waals surface area contributed by atoms with Gasteiger partial charge in [-0.1, -0.05) is 67.4 Å². The highest BCUT2D eigenvalue weighted by Crippen LogP contribution is 2.34. The number of ether oxygens (including phenoxy) is 1. The predicted octanol–water partition coefficient (Wildman–Crippen LogP) is 6.23. The minimum Gasteiger partial charge on any atom is -0.495 e. The molecule has 226 valence electrons. The number of halogens is 2. The highest BCUT2D eigenvalue weighted by atomic mass is 35.5. The zero-order valence-electron chi connectivity index (χ0n) is 24.4. The van der Waals surface area contributed by atoms with Crippen LogP contribution >= 0.6 is 23.2 Å².